The van der Waals surface area contributed by atoms with Crippen molar-refractivity contribution < 1.29 is 0 Å². The van der Waals surface area contributed by atoms with Crippen molar-refractivity contribution in [2.75, 3.05) is 24.5 Å². The Morgan fingerprint density at radius 3 is 2.81 bits per heavy atom. The van der Waals surface area contributed by atoms with Crippen LogP contribution in [0, 0.1) is 5.92 Å². The molecule has 112 valence electrons. The highest BCUT2D eigenvalue weighted by Crippen LogP contribution is 2.32. The first kappa shape index (κ1) is 13.5. The van der Waals surface area contributed by atoms with E-state index in [2.05, 4.69) is 31.2 Å². The van der Waals surface area contributed by atoms with Gasteiger partial charge >= 0.3 is 0 Å². The molecule has 0 bridgehead atoms. The number of anilines is 1. The van der Waals surface area contributed by atoms with Gasteiger partial charge in [-0.1, -0.05) is 0 Å². The van der Waals surface area contributed by atoms with Crippen LogP contribution in [0.1, 0.15) is 25.7 Å². The summed E-state index contributed by atoms with van der Waals surface area (Å²) in [5.74, 6) is 1.66. The maximum absolute atomic E-state index is 4.75. The third-order valence-electron chi connectivity index (χ3n) is 4.46. The number of nitrogens with zero attached hydrogens (tertiary/aromatic N) is 4. The lowest BCUT2D eigenvalue weighted by atomic mass is 9.97. The zero-order valence-corrected chi connectivity index (χ0v) is 13.6. The molecule has 1 saturated carbocycles. The Kier molecular flexibility index (Phi) is 3.59. The molecule has 0 amide bonds. The molecule has 6 heteroatoms. The predicted octanol–water partition coefficient (Wildman–Crippen LogP) is 2.46. The number of halogens is 1. The van der Waals surface area contributed by atoms with E-state index in [4.69, 9.17) is 4.98 Å². The fourth-order valence-electron chi connectivity index (χ4n) is 3.11. The first-order valence-electron chi connectivity index (χ1n) is 7.79. The van der Waals surface area contributed by atoms with E-state index in [1.807, 2.05) is 22.8 Å². The van der Waals surface area contributed by atoms with Crippen LogP contribution in [0.5, 0.6) is 0 Å². The maximum atomic E-state index is 4.75. The molecule has 1 aliphatic carbocycles. The van der Waals surface area contributed by atoms with Gasteiger partial charge < -0.3 is 10.2 Å². The minimum Gasteiger partial charge on any atom is -0.336 e. The van der Waals surface area contributed by atoms with Crippen molar-refractivity contribution in [1.82, 2.24) is 19.9 Å². The number of piperidine rings is 1. The van der Waals surface area contributed by atoms with Gasteiger partial charge in [0.15, 0.2) is 5.65 Å². The first-order chi connectivity index (χ1) is 10.3. The Balaban J connectivity index is 1.61. The zero-order valence-electron chi connectivity index (χ0n) is 12.0. The van der Waals surface area contributed by atoms with Crippen LogP contribution < -0.4 is 10.2 Å². The van der Waals surface area contributed by atoms with Crippen molar-refractivity contribution in [3.05, 3.63) is 22.8 Å². The van der Waals surface area contributed by atoms with Gasteiger partial charge in [-0.3, -0.25) is 0 Å². The minimum atomic E-state index is 0.649. The van der Waals surface area contributed by atoms with Crippen molar-refractivity contribution in [3.63, 3.8) is 0 Å². The fraction of sp³-hybridized carbons (Fsp3) is 0.600. The fourth-order valence-corrected chi connectivity index (χ4v) is 3.53. The number of nitrogens with one attached hydrogen (secondary N) is 1. The van der Waals surface area contributed by atoms with Crippen LogP contribution in [0.15, 0.2) is 22.8 Å². The van der Waals surface area contributed by atoms with Crippen molar-refractivity contribution in [3.8, 4) is 0 Å². The number of pyridine rings is 1. The van der Waals surface area contributed by atoms with Crippen LogP contribution in [0.2, 0.25) is 0 Å². The van der Waals surface area contributed by atoms with Crippen LogP contribution in [-0.4, -0.2) is 40.3 Å². The van der Waals surface area contributed by atoms with E-state index in [9.17, 15) is 0 Å². The van der Waals surface area contributed by atoms with Crippen LogP contribution in [0.4, 0.5) is 5.95 Å². The molecule has 0 radical (unpaired) electrons. The number of rotatable bonds is 4. The number of aromatic nitrogens is 3. The van der Waals surface area contributed by atoms with Crippen LogP contribution in [-0.2, 0) is 0 Å². The molecule has 2 fully saturated rings. The Labute approximate surface area is 132 Å². The van der Waals surface area contributed by atoms with Gasteiger partial charge in [0, 0.05) is 18.8 Å². The highest BCUT2D eigenvalue weighted by molar-refractivity contribution is 9.10. The van der Waals surface area contributed by atoms with Crippen LogP contribution >= 0.6 is 15.9 Å². The van der Waals surface area contributed by atoms with Gasteiger partial charge in [0.1, 0.15) is 0 Å². The van der Waals surface area contributed by atoms with Crippen molar-refractivity contribution in [1.29, 1.82) is 0 Å². The Morgan fingerprint density at radius 1 is 1.29 bits per heavy atom. The van der Waals surface area contributed by atoms with E-state index in [0.29, 0.717) is 6.04 Å². The average molecular weight is 350 g/mol. The lowest BCUT2D eigenvalue weighted by Crippen LogP contribution is -2.37. The highest BCUT2D eigenvalue weighted by atomic mass is 79.9. The van der Waals surface area contributed by atoms with E-state index in [1.54, 1.807) is 0 Å². The van der Waals surface area contributed by atoms with E-state index < -0.39 is 0 Å². The molecular weight excluding hydrogens is 330 g/mol. The molecule has 1 N–H and O–H groups in total. The molecule has 1 saturated heterocycles. The lowest BCUT2D eigenvalue weighted by molar-refractivity contribution is 0.371. The topological polar surface area (TPSA) is 45.5 Å². The Bertz CT molecular complexity index is 630. The number of fused-ring (bicyclic) bond motifs is 1. The van der Waals surface area contributed by atoms with E-state index in [0.717, 1.165) is 41.6 Å². The molecule has 2 aromatic rings. The lowest BCUT2D eigenvalue weighted by Gasteiger charge is -2.29. The SMILES string of the molecule is Brc1cccn2nc(N(CC3CCNCC3)C3CC3)nc12. The summed E-state index contributed by atoms with van der Waals surface area (Å²) in [7, 11) is 0. The molecule has 0 unspecified atom stereocenters. The summed E-state index contributed by atoms with van der Waals surface area (Å²) in [5, 5.41) is 8.13. The van der Waals surface area contributed by atoms with Gasteiger partial charge in [-0.2, -0.15) is 4.98 Å². The highest BCUT2D eigenvalue weighted by Gasteiger charge is 2.33. The molecule has 2 aromatic heterocycles. The van der Waals surface area contributed by atoms with Gasteiger partial charge in [0.25, 0.3) is 0 Å². The van der Waals surface area contributed by atoms with Gasteiger partial charge in [0.2, 0.25) is 5.95 Å². The largest absolute Gasteiger partial charge is 0.336 e. The Hall–Kier alpha value is -1.14. The third-order valence-corrected chi connectivity index (χ3v) is 5.08. The van der Waals surface area contributed by atoms with Crippen LogP contribution in [0.25, 0.3) is 5.65 Å². The summed E-state index contributed by atoms with van der Waals surface area (Å²) in [5.41, 5.74) is 0.906. The van der Waals surface area contributed by atoms with E-state index >= 15 is 0 Å². The monoisotopic (exact) mass is 349 g/mol. The second-order valence-corrected chi connectivity index (χ2v) is 6.97. The molecule has 0 aromatic carbocycles. The standard InChI is InChI=1S/C15H20BrN5/c16-13-2-1-9-21-14(13)18-15(19-21)20(12-3-4-12)10-11-5-7-17-8-6-11/h1-2,9,11-12,17H,3-8,10H2. The van der Waals surface area contributed by atoms with E-state index in [-0.39, 0.29) is 0 Å². The molecule has 21 heavy (non-hydrogen) atoms. The van der Waals surface area contributed by atoms with Gasteiger partial charge in [-0.05, 0) is 72.8 Å². The summed E-state index contributed by atoms with van der Waals surface area (Å²) in [6, 6.07) is 4.65. The number of hydrogen-bond acceptors (Lipinski definition) is 4. The van der Waals surface area contributed by atoms with Crippen LogP contribution in [0.3, 0.4) is 0 Å². The normalized spacial score (nSPS) is 20.0. The summed E-state index contributed by atoms with van der Waals surface area (Å²) in [4.78, 5) is 7.19. The molecule has 5 nitrogen and oxygen atoms in total. The molecule has 2 aliphatic rings. The van der Waals surface area contributed by atoms with E-state index in [1.165, 1.54) is 25.7 Å². The maximum Gasteiger partial charge on any atom is 0.245 e. The molecular formula is C15H20BrN5. The first-order valence-corrected chi connectivity index (χ1v) is 8.59. The zero-order chi connectivity index (χ0) is 14.2. The summed E-state index contributed by atoms with van der Waals surface area (Å²) in [6.45, 7) is 3.39. The molecule has 0 spiro atoms. The third kappa shape index (κ3) is 2.79. The molecule has 0 atom stereocenters. The average Bonchev–Trinajstić information content (AvgIpc) is 3.25. The van der Waals surface area contributed by atoms with Gasteiger partial charge in [0.05, 0.1) is 4.47 Å². The van der Waals surface area contributed by atoms with Crippen molar-refractivity contribution >= 4 is 27.5 Å². The van der Waals surface area contributed by atoms with Gasteiger partial charge in [-0.15, -0.1) is 5.10 Å². The van der Waals surface area contributed by atoms with Crippen molar-refractivity contribution in [2.24, 2.45) is 5.92 Å². The quantitative estimate of drug-likeness (QED) is 0.920. The molecule has 1 aliphatic heterocycles. The van der Waals surface area contributed by atoms with Gasteiger partial charge in [-0.25, -0.2) is 4.52 Å². The molecule has 3 heterocycles. The summed E-state index contributed by atoms with van der Waals surface area (Å²) >= 11 is 3.56. The second-order valence-electron chi connectivity index (χ2n) is 6.11. The minimum absolute atomic E-state index is 0.649. The van der Waals surface area contributed by atoms with Crippen molar-refractivity contribution in [2.45, 2.75) is 31.7 Å². The summed E-state index contributed by atoms with van der Waals surface area (Å²) in [6.07, 6.45) is 7.05. The number of hydrogen-bond donors (Lipinski definition) is 1. The molecule has 4 rings (SSSR count). The predicted molar refractivity (Wildman–Crippen MR) is 86.6 cm³/mol. The smallest absolute Gasteiger partial charge is 0.245 e. The summed E-state index contributed by atoms with van der Waals surface area (Å²) < 4.78 is 2.87. The second kappa shape index (κ2) is 5.57. The Morgan fingerprint density at radius 2 is 2.10 bits per heavy atom.